The summed E-state index contributed by atoms with van der Waals surface area (Å²) in [6.45, 7) is 3.48. The summed E-state index contributed by atoms with van der Waals surface area (Å²) in [5.41, 5.74) is 8.13. The van der Waals surface area contributed by atoms with Gasteiger partial charge in [0.05, 0.1) is 0 Å². The third-order valence-electron chi connectivity index (χ3n) is 3.41. The number of aryl methyl sites for hydroxylation is 2. The normalized spacial score (nSPS) is 12.5. The highest BCUT2D eigenvalue weighted by atomic mass is 19.1. The van der Waals surface area contributed by atoms with Gasteiger partial charge >= 0.3 is 0 Å². The van der Waals surface area contributed by atoms with E-state index in [1.54, 1.807) is 13.8 Å². The summed E-state index contributed by atoms with van der Waals surface area (Å²) in [5.74, 6) is -1.57. The first-order valence-electron chi connectivity index (χ1n) is 6.35. The zero-order chi connectivity index (χ0) is 14.9. The van der Waals surface area contributed by atoms with Crippen LogP contribution in [0.2, 0.25) is 0 Å². The Bertz CT molecular complexity index is 594. The molecule has 2 rings (SSSR count). The zero-order valence-electron chi connectivity index (χ0n) is 11.4. The van der Waals surface area contributed by atoms with E-state index >= 15 is 0 Å². The van der Waals surface area contributed by atoms with Crippen LogP contribution in [0.3, 0.4) is 0 Å². The van der Waals surface area contributed by atoms with E-state index in [0.29, 0.717) is 11.1 Å². The molecule has 4 heteroatoms. The molecule has 0 bridgehead atoms. The van der Waals surface area contributed by atoms with Crippen LogP contribution in [0.15, 0.2) is 30.3 Å². The molecule has 0 aliphatic carbocycles. The predicted octanol–water partition coefficient (Wildman–Crippen LogP) is 3.96. The standard InChI is InChI=1S/C16H16F3N/c1-9-6-11(17)7-10(2)16(9)15(20)8-12-13(18)4-3-5-14(12)19/h3-7,15H,8,20H2,1-2H3. The SMILES string of the molecule is Cc1cc(F)cc(C)c1C(N)Cc1c(F)cccc1F. The third kappa shape index (κ3) is 2.85. The molecule has 0 saturated heterocycles. The van der Waals surface area contributed by atoms with E-state index < -0.39 is 17.7 Å². The second-order valence-corrected chi connectivity index (χ2v) is 4.96. The molecule has 0 aromatic heterocycles. The van der Waals surface area contributed by atoms with Crippen molar-refractivity contribution in [1.29, 1.82) is 0 Å². The summed E-state index contributed by atoms with van der Waals surface area (Å²) in [5, 5.41) is 0. The van der Waals surface area contributed by atoms with Gasteiger partial charge in [0.1, 0.15) is 17.5 Å². The minimum atomic E-state index is -0.613. The van der Waals surface area contributed by atoms with Gasteiger partial charge in [-0.15, -0.1) is 0 Å². The molecule has 0 aliphatic rings. The first-order chi connectivity index (χ1) is 9.40. The van der Waals surface area contributed by atoms with Crippen LogP contribution in [0.25, 0.3) is 0 Å². The number of hydrogen-bond acceptors (Lipinski definition) is 1. The number of benzene rings is 2. The lowest BCUT2D eigenvalue weighted by Crippen LogP contribution is -2.18. The van der Waals surface area contributed by atoms with E-state index in [2.05, 4.69) is 0 Å². The van der Waals surface area contributed by atoms with E-state index in [4.69, 9.17) is 5.73 Å². The lowest BCUT2D eigenvalue weighted by Gasteiger charge is -2.18. The molecule has 2 N–H and O–H groups in total. The molecule has 0 aliphatic heterocycles. The van der Waals surface area contributed by atoms with Crippen molar-refractivity contribution in [2.45, 2.75) is 26.3 Å². The largest absolute Gasteiger partial charge is 0.324 e. The molecule has 0 fully saturated rings. The zero-order valence-corrected chi connectivity index (χ0v) is 11.4. The van der Waals surface area contributed by atoms with Crippen molar-refractivity contribution in [1.82, 2.24) is 0 Å². The van der Waals surface area contributed by atoms with Gasteiger partial charge in [-0.3, -0.25) is 0 Å². The van der Waals surface area contributed by atoms with Crippen LogP contribution in [-0.2, 0) is 6.42 Å². The van der Waals surface area contributed by atoms with Gasteiger partial charge in [-0.1, -0.05) is 6.07 Å². The monoisotopic (exact) mass is 279 g/mol. The van der Waals surface area contributed by atoms with Gasteiger partial charge in [-0.05, 0) is 61.2 Å². The topological polar surface area (TPSA) is 26.0 Å². The Morgan fingerprint density at radius 1 is 1.00 bits per heavy atom. The highest BCUT2D eigenvalue weighted by Gasteiger charge is 2.18. The molecular formula is C16H16F3N. The number of hydrogen-bond donors (Lipinski definition) is 1. The van der Waals surface area contributed by atoms with Crippen molar-refractivity contribution >= 4 is 0 Å². The van der Waals surface area contributed by atoms with Crippen LogP contribution in [-0.4, -0.2) is 0 Å². The Kier molecular flexibility index (Phi) is 4.14. The lowest BCUT2D eigenvalue weighted by atomic mass is 9.92. The Morgan fingerprint density at radius 2 is 1.50 bits per heavy atom. The quantitative estimate of drug-likeness (QED) is 0.904. The molecule has 20 heavy (non-hydrogen) atoms. The Hall–Kier alpha value is -1.81. The van der Waals surface area contributed by atoms with Crippen LogP contribution in [0.4, 0.5) is 13.2 Å². The van der Waals surface area contributed by atoms with Crippen molar-refractivity contribution in [3.8, 4) is 0 Å². The minimum absolute atomic E-state index is 0.0336. The Balaban J connectivity index is 2.36. The molecule has 2 aromatic rings. The number of nitrogens with two attached hydrogens (primary N) is 1. The molecule has 2 aromatic carbocycles. The number of halogens is 3. The molecule has 1 nitrogen and oxygen atoms in total. The average Bonchev–Trinajstić information content (AvgIpc) is 2.32. The van der Waals surface area contributed by atoms with Gasteiger partial charge in [0.25, 0.3) is 0 Å². The van der Waals surface area contributed by atoms with Crippen molar-refractivity contribution in [3.63, 3.8) is 0 Å². The molecule has 0 radical (unpaired) electrons. The van der Waals surface area contributed by atoms with Crippen LogP contribution in [0.5, 0.6) is 0 Å². The summed E-state index contributed by atoms with van der Waals surface area (Å²) in [4.78, 5) is 0. The predicted molar refractivity (Wildman–Crippen MR) is 72.9 cm³/mol. The van der Waals surface area contributed by atoms with Crippen LogP contribution in [0, 0.1) is 31.3 Å². The maximum Gasteiger partial charge on any atom is 0.129 e. The first-order valence-corrected chi connectivity index (χ1v) is 6.35. The smallest absolute Gasteiger partial charge is 0.129 e. The van der Waals surface area contributed by atoms with E-state index in [1.807, 2.05) is 0 Å². The average molecular weight is 279 g/mol. The second-order valence-electron chi connectivity index (χ2n) is 4.96. The molecule has 1 atom stereocenters. The summed E-state index contributed by atoms with van der Waals surface area (Å²) in [6.07, 6.45) is 0.0336. The van der Waals surface area contributed by atoms with Gasteiger partial charge in [0.15, 0.2) is 0 Å². The van der Waals surface area contributed by atoms with E-state index in [9.17, 15) is 13.2 Å². The van der Waals surface area contributed by atoms with Crippen LogP contribution < -0.4 is 5.73 Å². The highest BCUT2D eigenvalue weighted by Crippen LogP contribution is 2.26. The first kappa shape index (κ1) is 14.6. The molecule has 0 heterocycles. The van der Waals surface area contributed by atoms with Gasteiger partial charge in [0.2, 0.25) is 0 Å². The van der Waals surface area contributed by atoms with Gasteiger partial charge in [-0.25, -0.2) is 13.2 Å². The van der Waals surface area contributed by atoms with Gasteiger partial charge < -0.3 is 5.73 Å². The van der Waals surface area contributed by atoms with Crippen molar-refractivity contribution < 1.29 is 13.2 Å². The number of rotatable bonds is 3. The third-order valence-corrected chi connectivity index (χ3v) is 3.41. The van der Waals surface area contributed by atoms with E-state index in [-0.39, 0.29) is 17.8 Å². The Morgan fingerprint density at radius 3 is 2.00 bits per heavy atom. The Labute approximate surface area is 116 Å². The van der Waals surface area contributed by atoms with Crippen LogP contribution >= 0.6 is 0 Å². The molecule has 0 amide bonds. The molecule has 1 unspecified atom stereocenters. The maximum absolute atomic E-state index is 13.6. The van der Waals surface area contributed by atoms with Gasteiger partial charge in [-0.2, -0.15) is 0 Å². The molecule has 0 spiro atoms. The van der Waals surface area contributed by atoms with Crippen molar-refractivity contribution in [3.05, 3.63) is 70.0 Å². The fraction of sp³-hybridized carbons (Fsp3) is 0.250. The summed E-state index contributed by atoms with van der Waals surface area (Å²) in [6, 6.07) is 5.89. The highest BCUT2D eigenvalue weighted by molar-refractivity contribution is 5.38. The fourth-order valence-corrected chi connectivity index (χ4v) is 2.56. The maximum atomic E-state index is 13.6. The second kappa shape index (κ2) is 5.67. The van der Waals surface area contributed by atoms with Gasteiger partial charge in [0, 0.05) is 11.6 Å². The lowest BCUT2D eigenvalue weighted by molar-refractivity contribution is 0.538. The van der Waals surface area contributed by atoms with E-state index in [1.165, 1.54) is 30.3 Å². The summed E-state index contributed by atoms with van der Waals surface area (Å²) < 4.78 is 40.5. The van der Waals surface area contributed by atoms with E-state index in [0.717, 1.165) is 5.56 Å². The minimum Gasteiger partial charge on any atom is -0.324 e. The summed E-state index contributed by atoms with van der Waals surface area (Å²) in [7, 11) is 0. The fourth-order valence-electron chi connectivity index (χ4n) is 2.56. The van der Waals surface area contributed by atoms with Crippen molar-refractivity contribution in [2.75, 3.05) is 0 Å². The molecule has 0 saturated carbocycles. The van der Waals surface area contributed by atoms with Crippen molar-refractivity contribution in [2.24, 2.45) is 5.73 Å². The molecule has 106 valence electrons. The summed E-state index contributed by atoms with van der Waals surface area (Å²) >= 11 is 0. The molecular weight excluding hydrogens is 263 g/mol. The van der Waals surface area contributed by atoms with Crippen LogP contribution in [0.1, 0.15) is 28.3 Å².